The molecule has 0 saturated heterocycles. The predicted molar refractivity (Wildman–Crippen MR) is 166 cm³/mol. The van der Waals surface area contributed by atoms with Gasteiger partial charge >= 0.3 is 6.11 Å². The summed E-state index contributed by atoms with van der Waals surface area (Å²) in [6, 6.07) is 7.95. The lowest BCUT2D eigenvalue weighted by Gasteiger charge is -2.29. The van der Waals surface area contributed by atoms with Crippen molar-refractivity contribution in [2.45, 2.75) is 89.1 Å². The minimum absolute atomic E-state index is 0.0128. The number of hydrogen-bond donors (Lipinski definition) is 0. The Kier molecular flexibility index (Phi) is 11.3. The van der Waals surface area contributed by atoms with Gasteiger partial charge in [-0.15, -0.1) is 0 Å². The molecule has 258 valence electrons. The van der Waals surface area contributed by atoms with Gasteiger partial charge in [-0.1, -0.05) is 37.3 Å². The highest BCUT2D eigenvalue weighted by Gasteiger charge is 2.38. The van der Waals surface area contributed by atoms with Gasteiger partial charge in [-0.2, -0.15) is 8.78 Å². The summed E-state index contributed by atoms with van der Waals surface area (Å²) in [5.74, 6) is -9.20. The lowest BCUT2D eigenvalue weighted by molar-refractivity contribution is -0.187. The predicted octanol–water partition coefficient (Wildman–Crippen LogP) is 12.7. The van der Waals surface area contributed by atoms with Gasteiger partial charge in [0.05, 0.1) is 5.56 Å². The zero-order valence-corrected chi connectivity index (χ0v) is 26.5. The van der Waals surface area contributed by atoms with Crippen molar-refractivity contribution in [1.82, 2.24) is 0 Å². The molecule has 0 bridgehead atoms. The van der Waals surface area contributed by atoms with Crippen LogP contribution in [-0.4, -0.2) is 0 Å². The summed E-state index contributed by atoms with van der Waals surface area (Å²) >= 11 is 0. The average Bonchev–Trinajstić information content (AvgIpc) is 3.06. The minimum atomic E-state index is -4.26. The van der Waals surface area contributed by atoms with Crippen LogP contribution in [0, 0.1) is 40.9 Å². The van der Waals surface area contributed by atoms with E-state index in [4.69, 9.17) is 0 Å². The smallest absolute Gasteiger partial charge is 0.429 e. The zero-order chi connectivity index (χ0) is 34.6. The summed E-state index contributed by atoms with van der Waals surface area (Å²) in [7, 11) is 0. The van der Waals surface area contributed by atoms with Crippen molar-refractivity contribution in [2.75, 3.05) is 0 Å². The monoisotopic (exact) mass is 680 g/mol. The molecule has 3 aromatic rings. The van der Waals surface area contributed by atoms with Crippen LogP contribution in [0.3, 0.4) is 0 Å². The van der Waals surface area contributed by atoms with Gasteiger partial charge in [0.15, 0.2) is 23.3 Å². The van der Waals surface area contributed by atoms with Gasteiger partial charge in [-0.25, -0.2) is 30.7 Å². The Hall–Kier alpha value is -3.69. The van der Waals surface area contributed by atoms with E-state index in [-0.39, 0.29) is 36.0 Å². The van der Waals surface area contributed by atoms with Crippen molar-refractivity contribution in [3.05, 3.63) is 118 Å². The number of halogens is 9. The van der Waals surface area contributed by atoms with Crippen molar-refractivity contribution >= 4 is 5.83 Å². The first-order chi connectivity index (χ1) is 22.9. The minimum Gasteiger partial charge on any atom is -0.429 e. The molecule has 5 rings (SSSR count). The molecule has 0 spiro atoms. The molecule has 3 aromatic carbocycles. The molecule has 0 aromatic heterocycles. The number of benzene rings is 3. The Bertz CT molecular complexity index is 1620. The molecule has 0 aliphatic heterocycles. The molecule has 2 fully saturated rings. The lowest BCUT2D eigenvalue weighted by Crippen LogP contribution is -2.24. The lowest BCUT2D eigenvalue weighted by atomic mass is 9.76. The highest BCUT2D eigenvalue weighted by Crippen LogP contribution is 2.41. The quantitative estimate of drug-likeness (QED) is 0.118. The average molecular weight is 681 g/mol. The van der Waals surface area contributed by atoms with Crippen LogP contribution in [0.5, 0.6) is 5.75 Å². The van der Waals surface area contributed by atoms with E-state index >= 15 is 0 Å². The molecule has 2 saturated carbocycles. The van der Waals surface area contributed by atoms with E-state index in [1.807, 2.05) is 0 Å². The number of alkyl halides is 2. The molecule has 0 radical (unpaired) electrons. The second kappa shape index (κ2) is 15.2. The summed E-state index contributed by atoms with van der Waals surface area (Å²) in [6.45, 7) is 1.74. The maximum Gasteiger partial charge on any atom is 0.429 e. The highest BCUT2D eigenvalue weighted by molar-refractivity contribution is 5.61. The maximum atomic E-state index is 14.9. The summed E-state index contributed by atoms with van der Waals surface area (Å²) in [6.07, 6.45) is 7.04. The molecule has 0 unspecified atom stereocenters. The summed E-state index contributed by atoms with van der Waals surface area (Å²) in [4.78, 5) is 0. The fourth-order valence-corrected chi connectivity index (χ4v) is 6.88. The second-order valence-corrected chi connectivity index (χ2v) is 12.9. The highest BCUT2D eigenvalue weighted by atomic mass is 19.3. The first-order valence-corrected chi connectivity index (χ1v) is 16.4. The number of allylic oxidation sites excluding steroid dienone is 3. The number of ether oxygens (including phenoxy) is 1. The van der Waals surface area contributed by atoms with Crippen LogP contribution >= 0.6 is 0 Å². The third-order valence-corrected chi connectivity index (χ3v) is 9.58. The summed E-state index contributed by atoms with van der Waals surface area (Å²) < 4.78 is 132. The van der Waals surface area contributed by atoms with Crippen molar-refractivity contribution in [3.8, 4) is 5.75 Å². The molecular formula is C38H37F9O. The van der Waals surface area contributed by atoms with E-state index in [1.54, 1.807) is 13.0 Å². The largest absolute Gasteiger partial charge is 0.429 e. The molecule has 1 nitrogen and oxygen atoms in total. The fraction of sp³-hybridized carbons (Fsp3) is 0.421. The van der Waals surface area contributed by atoms with Crippen LogP contribution in [0.1, 0.15) is 105 Å². The van der Waals surface area contributed by atoms with Gasteiger partial charge in [0, 0.05) is 24.1 Å². The normalized spacial score (nSPS) is 22.5. The Morgan fingerprint density at radius 3 is 1.83 bits per heavy atom. The van der Waals surface area contributed by atoms with E-state index in [0.717, 1.165) is 69.6 Å². The molecule has 0 atom stereocenters. The standard InChI is InChI=1S/C38H37F9O/c1-2-3-31(39)36(44)27-14-16-29(32(40)19-27)25-12-8-23(9-13-25)5-4-22-6-10-24(11-7-22)26-15-17-30(33(41)18-26)38(46,47)48-28-20-34(42)37(45)35(43)21-28/h4-5,14-25H,2-3,6-13H2,1H3/b5-4+,36-31+. The van der Waals surface area contributed by atoms with E-state index < -0.39 is 58.2 Å². The Labute approximate surface area is 274 Å². The molecule has 2 aliphatic carbocycles. The topological polar surface area (TPSA) is 9.23 Å². The molecule has 2 aliphatic rings. The van der Waals surface area contributed by atoms with Gasteiger partial charge in [0.1, 0.15) is 23.2 Å². The Balaban J connectivity index is 1.11. The second-order valence-electron chi connectivity index (χ2n) is 12.9. The third-order valence-electron chi connectivity index (χ3n) is 9.58. The van der Waals surface area contributed by atoms with Crippen LogP contribution in [0.2, 0.25) is 0 Å². The van der Waals surface area contributed by atoms with Crippen LogP contribution in [0.15, 0.2) is 66.5 Å². The van der Waals surface area contributed by atoms with Crippen LogP contribution in [0.4, 0.5) is 39.5 Å². The van der Waals surface area contributed by atoms with Gasteiger partial charge in [-0.3, -0.25) is 0 Å². The number of rotatable bonds is 10. The first-order valence-electron chi connectivity index (χ1n) is 16.4. The maximum absolute atomic E-state index is 14.9. The van der Waals surface area contributed by atoms with Crippen LogP contribution < -0.4 is 4.74 Å². The molecule has 48 heavy (non-hydrogen) atoms. The Morgan fingerprint density at radius 1 is 0.708 bits per heavy atom. The molecule has 0 heterocycles. The van der Waals surface area contributed by atoms with Gasteiger partial charge < -0.3 is 4.74 Å². The Morgan fingerprint density at radius 2 is 1.29 bits per heavy atom. The molecule has 10 heteroatoms. The van der Waals surface area contributed by atoms with E-state index in [9.17, 15) is 39.5 Å². The van der Waals surface area contributed by atoms with Crippen molar-refractivity contribution in [1.29, 1.82) is 0 Å². The van der Waals surface area contributed by atoms with Gasteiger partial charge in [-0.05, 0) is 111 Å². The fourth-order valence-electron chi connectivity index (χ4n) is 6.88. The van der Waals surface area contributed by atoms with Gasteiger partial charge in [0.25, 0.3) is 0 Å². The van der Waals surface area contributed by atoms with E-state index in [0.29, 0.717) is 29.4 Å². The molecule has 0 amide bonds. The molecular weight excluding hydrogens is 643 g/mol. The van der Waals surface area contributed by atoms with Gasteiger partial charge in [0.2, 0.25) is 0 Å². The summed E-state index contributed by atoms with van der Waals surface area (Å²) in [5.41, 5.74) is -0.0892. The van der Waals surface area contributed by atoms with Crippen molar-refractivity contribution in [2.24, 2.45) is 11.8 Å². The third kappa shape index (κ3) is 8.29. The number of hydrogen-bond acceptors (Lipinski definition) is 1. The SMILES string of the molecule is CCC/C(F)=C(\F)c1ccc(C2CCC(/C=C/C3CCC(c4ccc(C(F)(F)Oc5cc(F)c(F)c(F)c5)c(F)c4)CC3)CC2)c(F)c1. The van der Waals surface area contributed by atoms with E-state index in [2.05, 4.69) is 16.9 Å². The van der Waals surface area contributed by atoms with Crippen LogP contribution in [0.25, 0.3) is 5.83 Å². The first kappa shape index (κ1) is 35.6. The van der Waals surface area contributed by atoms with Crippen LogP contribution in [-0.2, 0) is 6.11 Å². The zero-order valence-electron chi connectivity index (χ0n) is 26.5. The summed E-state index contributed by atoms with van der Waals surface area (Å²) in [5, 5.41) is 0. The van der Waals surface area contributed by atoms with E-state index in [1.165, 1.54) is 12.1 Å². The van der Waals surface area contributed by atoms with Crippen molar-refractivity contribution in [3.63, 3.8) is 0 Å². The van der Waals surface area contributed by atoms with Crippen molar-refractivity contribution < 1.29 is 44.3 Å². The molecule has 0 N–H and O–H groups in total.